The Balaban J connectivity index is 1.78. The number of carbonyl (C=O) groups is 2. The van der Waals surface area contributed by atoms with E-state index in [0.717, 1.165) is 0 Å². The Morgan fingerprint density at radius 1 is 0.828 bits per heavy atom. The number of carboxylic acid groups (broad SMARTS) is 1. The maximum Gasteiger partial charge on any atom is 0.335 e. The number of anilines is 2. The van der Waals surface area contributed by atoms with Gasteiger partial charge >= 0.3 is 5.97 Å². The summed E-state index contributed by atoms with van der Waals surface area (Å²) in [6.07, 6.45) is 0. The number of sulfonamides is 1. The quantitative estimate of drug-likeness (QED) is 0.545. The Kier molecular flexibility index (Phi) is 5.86. The van der Waals surface area contributed by atoms with Crippen molar-refractivity contribution in [3.8, 4) is 0 Å². The van der Waals surface area contributed by atoms with Crippen LogP contribution in [0.4, 0.5) is 11.4 Å². The molecule has 0 unspecified atom stereocenters. The van der Waals surface area contributed by atoms with Gasteiger partial charge in [-0.2, -0.15) is 0 Å². The van der Waals surface area contributed by atoms with E-state index in [1.165, 1.54) is 48.5 Å². The molecule has 9 heteroatoms. The largest absolute Gasteiger partial charge is 0.478 e. The normalized spacial score (nSPS) is 10.9. The SMILES string of the molecule is O=C(O)c1ccc(NS(=O)(=O)c2cccc(C(=O)Nc3ccc(Cl)cc3)c2)cc1. The highest BCUT2D eigenvalue weighted by Crippen LogP contribution is 2.19. The third-order valence-corrected chi connectivity index (χ3v) is 5.52. The molecule has 0 aliphatic rings. The van der Waals surface area contributed by atoms with E-state index in [1.807, 2.05) is 0 Å². The molecule has 0 aliphatic carbocycles. The molecule has 1 amide bonds. The number of carboxylic acids is 1. The standard InChI is InChI=1S/C20H15ClN2O5S/c21-15-6-10-16(11-7-15)22-19(24)14-2-1-3-18(12-14)29(27,28)23-17-8-4-13(5-9-17)20(25)26/h1-12,23H,(H,22,24)(H,25,26). The number of nitrogens with one attached hydrogen (secondary N) is 2. The van der Waals surface area contributed by atoms with Gasteiger partial charge in [-0.1, -0.05) is 17.7 Å². The monoisotopic (exact) mass is 430 g/mol. The second-order valence-electron chi connectivity index (χ2n) is 5.98. The first kappa shape index (κ1) is 20.4. The van der Waals surface area contributed by atoms with Gasteiger partial charge in [0.2, 0.25) is 0 Å². The van der Waals surface area contributed by atoms with Crippen LogP contribution >= 0.6 is 11.6 Å². The molecule has 148 valence electrons. The lowest BCUT2D eigenvalue weighted by Crippen LogP contribution is -2.16. The highest BCUT2D eigenvalue weighted by molar-refractivity contribution is 7.92. The third-order valence-electron chi connectivity index (χ3n) is 3.89. The maximum absolute atomic E-state index is 12.6. The molecule has 0 heterocycles. The third kappa shape index (κ3) is 5.13. The number of hydrogen-bond donors (Lipinski definition) is 3. The second-order valence-corrected chi connectivity index (χ2v) is 8.10. The van der Waals surface area contributed by atoms with Crippen LogP contribution < -0.4 is 10.0 Å². The summed E-state index contributed by atoms with van der Waals surface area (Å²) in [5, 5.41) is 12.1. The van der Waals surface area contributed by atoms with Crippen LogP contribution in [0.3, 0.4) is 0 Å². The molecule has 0 atom stereocenters. The fraction of sp³-hybridized carbons (Fsp3) is 0. The first-order chi connectivity index (χ1) is 13.7. The number of halogens is 1. The summed E-state index contributed by atoms with van der Waals surface area (Å²) < 4.78 is 27.6. The number of benzene rings is 3. The van der Waals surface area contributed by atoms with Crippen LogP contribution in [-0.2, 0) is 10.0 Å². The zero-order valence-corrected chi connectivity index (χ0v) is 16.4. The molecule has 0 radical (unpaired) electrons. The fourth-order valence-electron chi connectivity index (χ4n) is 2.44. The fourth-order valence-corrected chi connectivity index (χ4v) is 3.67. The minimum absolute atomic E-state index is 0.0359. The van der Waals surface area contributed by atoms with Crippen molar-refractivity contribution < 1.29 is 23.1 Å². The molecule has 0 aromatic heterocycles. The molecular weight excluding hydrogens is 416 g/mol. The van der Waals surface area contributed by atoms with E-state index in [2.05, 4.69) is 10.0 Å². The lowest BCUT2D eigenvalue weighted by molar-refractivity contribution is 0.0696. The van der Waals surface area contributed by atoms with E-state index < -0.39 is 21.9 Å². The number of carbonyl (C=O) groups excluding carboxylic acids is 1. The van der Waals surface area contributed by atoms with Crippen molar-refractivity contribution in [3.05, 3.63) is 88.9 Å². The lowest BCUT2D eigenvalue weighted by Gasteiger charge is -2.10. The van der Waals surface area contributed by atoms with Crippen molar-refractivity contribution in [2.75, 3.05) is 10.0 Å². The summed E-state index contributed by atoms with van der Waals surface area (Å²) >= 11 is 5.81. The number of hydrogen-bond acceptors (Lipinski definition) is 4. The van der Waals surface area contributed by atoms with Gasteiger partial charge in [0.1, 0.15) is 0 Å². The van der Waals surface area contributed by atoms with Crippen LogP contribution in [0.15, 0.2) is 77.7 Å². The molecule has 3 rings (SSSR count). The van der Waals surface area contributed by atoms with Crippen molar-refractivity contribution in [1.82, 2.24) is 0 Å². The van der Waals surface area contributed by atoms with Gasteiger partial charge in [-0.3, -0.25) is 9.52 Å². The van der Waals surface area contributed by atoms with Crippen LogP contribution in [0.2, 0.25) is 5.02 Å². The first-order valence-corrected chi connectivity index (χ1v) is 10.1. The van der Waals surface area contributed by atoms with Gasteiger partial charge in [-0.25, -0.2) is 13.2 Å². The highest BCUT2D eigenvalue weighted by Gasteiger charge is 2.17. The summed E-state index contributed by atoms with van der Waals surface area (Å²) in [4.78, 5) is 23.2. The number of amides is 1. The Labute approximate surface area is 172 Å². The summed E-state index contributed by atoms with van der Waals surface area (Å²) in [5.74, 6) is -1.59. The Morgan fingerprint density at radius 2 is 1.45 bits per heavy atom. The van der Waals surface area contributed by atoms with Crippen molar-refractivity contribution in [2.24, 2.45) is 0 Å². The van der Waals surface area contributed by atoms with E-state index in [4.69, 9.17) is 16.7 Å². The minimum atomic E-state index is -3.98. The van der Waals surface area contributed by atoms with E-state index in [-0.39, 0.29) is 21.7 Å². The van der Waals surface area contributed by atoms with E-state index >= 15 is 0 Å². The Hall–Kier alpha value is -3.36. The van der Waals surface area contributed by atoms with Gasteiger partial charge in [-0.05, 0) is 66.7 Å². The van der Waals surface area contributed by atoms with E-state index in [0.29, 0.717) is 10.7 Å². The summed E-state index contributed by atoms with van der Waals surface area (Å²) in [6, 6.07) is 17.3. The first-order valence-electron chi connectivity index (χ1n) is 8.28. The van der Waals surface area contributed by atoms with Crippen molar-refractivity contribution in [1.29, 1.82) is 0 Å². The molecule has 0 saturated carbocycles. The molecule has 0 bridgehead atoms. The van der Waals surface area contributed by atoms with Crippen LogP contribution in [0.25, 0.3) is 0 Å². The highest BCUT2D eigenvalue weighted by atomic mass is 35.5. The van der Waals surface area contributed by atoms with Crippen molar-refractivity contribution in [2.45, 2.75) is 4.90 Å². The molecule has 7 nitrogen and oxygen atoms in total. The average molecular weight is 431 g/mol. The smallest absolute Gasteiger partial charge is 0.335 e. The summed E-state index contributed by atoms with van der Waals surface area (Å²) in [7, 11) is -3.98. The molecule has 3 aromatic rings. The molecule has 0 spiro atoms. The predicted octanol–water partition coefficient (Wildman–Crippen LogP) is 4.09. The molecule has 0 saturated heterocycles. The minimum Gasteiger partial charge on any atom is -0.478 e. The zero-order chi connectivity index (χ0) is 21.0. The van der Waals surface area contributed by atoms with Crippen LogP contribution in [0.1, 0.15) is 20.7 Å². The van der Waals surface area contributed by atoms with E-state index in [1.54, 1.807) is 24.3 Å². The summed E-state index contributed by atoms with van der Waals surface area (Å²) in [5.41, 5.74) is 0.910. The molecule has 3 aromatic carbocycles. The van der Waals surface area contributed by atoms with Gasteiger partial charge in [0.05, 0.1) is 10.5 Å². The molecule has 29 heavy (non-hydrogen) atoms. The molecule has 0 aliphatic heterocycles. The number of aromatic carboxylic acids is 1. The van der Waals surface area contributed by atoms with Gasteiger partial charge in [0, 0.05) is 22.0 Å². The zero-order valence-electron chi connectivity index (χ0n) is 14.8. The van der Waals surface area contributed by atoms with E-state index in [9.17, 15) is 18.0 Å². The maximum atomic E-state index is 12.6. The number of rotatable bonds is 6. The van der Waals surface area contributed by atoms with Crippen LogP contribution in [0.5, 0.6) is 0 Å². The van der Waals surface area contributed by atoms with Crippen LogP contribution in [0, 0.1) is 0 Å². The Morgan fingerprint density at radius 3 is 2.07 bits per heavy atom. The average Bonchev–Trinajstić information content (AvgIpc) is 2.70. The van der Waals surface area contributed by atoms with Gasteiger partial charge < -0.3 is 10.4 Å². The Bertz CT molecular complexity index is 1160. The second kappa shape index (κ2) is 8.34. The van der Waals surface area contributed by atoms with Crippen molar-refractivity contribution in [3.63, 3.8) is 0 Å². The summed E-state index contributed by atoms with van der Waals surface area (Å²) in [6.45, 7) is 0. The lowest BCUT2D eigenvalue weighted by atomic mass is 10.2. The van der Waals surface area contributed by atoms with Gasteiger partial charge in [-0.15, -0.1) is 0 Å². The topological polar surface area (TPSA) is 113 Å². The predicted molar refractivity (Wildman–Crippen MR) is 110 cm³/mol. The van der Waals surface area contributed by atoms with Gasteiger partial charge in [0.15, 0.2) is 0 Å². The molecular formula is C20H15ClN2O5S. The van der Waals surface area contributed by atoms with Crippen molar-refractivity contribution >= 4 is 44.9 Å². The van der Waals surface area contributed by atoms with Crippen LogP contribution in [-0.4, -0.2) is 25.4 Å². The molecule has 3 N–H and O–H groups in total. The van der Waals surface area contributed by atoms with Gasteiger partial charge in [0.25, 0.3) is 15.9 Å². The molecule has 0 fully saturated rings.